The molecule has 6 rings (SSSR count). The lowest BCUT2D eigenvalue weighted by Gasteiger charge is -2.14. The molecule has 0 saturated heterocycles. The highest BCUT2D eigenvalue weighted by Gasteiger charge is 2.27. The highest BCUT2D eigenvalue weighted by atomic mass is 79.9. The Morgan fingerprint density at radius 2 is 1.50 bits per heavy atom. The Kier molecular flexibility index (Phi) is 5.96. The Labute approximate surface area is 221 Å². The molecule has 1 unspecified atom stereocenters. The summed E-state index contributed by atoms with van der Waals surface area (Å²) >= 11 is 9.85. The third-order valence-electron chi connectivity index (χ3n) is 6.57. The quantitative estimate of drug-likeness (QED) is 0.239. The van der Waals surface area contributed by atoms with Crippen LogP contribution in [0.2, 0.25) is 5.02 Å². The predicted molar refractivity (Wildman–Crippen MR) is 152 cm³/mol. The third-order valence-corrected chi connectivity index (χ3v) is 7.33. The molecule has 5 aromatic rings. The van der Waals surface area contributed by atoms with Crippen molar-refractivity contribution in [1.29, 1.82) is 0 Å². The largest absolute Gasteiger partial charge is 0.321 e. The van der Waals surface area contributed by atoms with E-state index in [1.807, 2.05) is 54.6 Å². The number of halogens is 2. The Bertz CT molecular complexity index is 1660. The Hall–Kier alpha value is -3.67. The molecular formula is C30H21BrClN3O. The van der Waals surface area contributed by atoms with Crippen molar-refractivity contribution in [3.8, 4) is 22.3 Å². The summed E-state index contributed by atoms with van der Waals surface area (Å²) in [6, 6.07) is 32.2. The van der Waals surface area contributed by atoms with Gasteiger partial charge in [0.15, 0.2) is 0 Å². The Morgan fingerprint density at radius 1 is 0.806 bits per heavy atom. The summed E-state index contributed by atoms with van der Waals surface area (Å²) in [5.41, 5.74) is 10.4. The second-order valence-electron chi connectivity index (χ2n) is 8.83. The van der Waals surface area contributed by atoms with Crippen molar-refractivity contribution in [2.45, 2.75) is 12.5 Å². The van der Waals surface area contributed by atoms with E-state index in [0.29, 0.717) is 17.0 Å². The number of benzene rings is 4. The average Bonchev–Trinajstić information content (AvgIpc) is 3.39. The van der Waals surface area contributed by atoms with E-state index >= 15 is 0 Å². The van der Waals surface area contributed by atoms with Gasteiger partial charge in [-0.2, -0.15) is 5.10 Å². The number of hydrogen-bond donors (Lipinski definition) is 2. The van der Waals surface area contributed by atoms with Gasteiger partial charge in [-0.1, -0.05) is 94.3 Å². The minimum atomic E-state index is -0.157. The van der Waals surface area contributed by atoms with Crippen molar-refractivity contribution in [2.75, 3.05) is 0 Å². The second kappa shape index (κ2) is 9.41. The lowest BCUT2D eigenvalue weighted by molar-refractivity contribution is 0.620. The van der Waals surface area contributed by atoms with E-state index in [4.69, 9.17) is 11.6 Å². The van der Waals surface area contributed by atoms with Crippen LogP contribution in [0.5, 0.6) is 0 Å². The Morgan fingerprint density at radius 3 is 2.22 bits per heavy atom. The second-order valence-corrected chi connectivity index (χ2v) is 10.2. The van der Waals surface area contributed by atoms with Crippen molar-refractivity contribution in [3.05, 3.63) is 128 Å². The highest BCUT2D eigenvalue weighted by Crippen LogP contribution is 2.34. The number of aromatic nitrogens is 1. The molecule has 1 aliphatic rings. The number of H-pyrrole nitrogens is 1. The summed E-state index contributed by atoms with van der Waals surface area (Å²) < 4.78 is 1.06. The van der Waals surface area contributed by atoms with Crippen LogP contribution < -0.4 is 11.0 Å². The van der Waals surface area contributed by atoms with Crippen LogP contribution in [0.15, 0.2) is 111 Å². The van der Waals surface area contributed by atoms with Gasteiger partial charge in [0, 0.05) is 32.4 Å². The van der Waals surface area contributed by atoms with E-state index in [9.17, 15) is 4.79 Å². The van der Waals surface area contributed by atoms with Gasteiger partial charge in [0.25, 0.3) is 5.56 Å². The maximum atomic E-state index is 13.4. The van der Waals surface area contributed by atoms with Gasteiger partial charge in [-0.15, -0.1) is 0 Å². The fourth-order valence-corrected chi connectivity index (χ4v) is 5.22. The molecule has 1 aliphatic heterocycles. The number of hydrazone groups is 1. The molecule has 0 fully saturated rings. The molecule has 176 valence electrons. The molecule has 0 bridgehead atoms. The zero-order valence-electron chi connectivity index (χ0n) is 19.1. The van der Waals surface area contributed by atoms with Crippen molar-refractivity contribution in [2.24, 2.45) is 5.10 Å². The number of nitrogens with one attached hydrogen (secondary N) is 2. The standard InChI is InChI=1S/C30H21BrClN3O/c31-22-12-10-19(11-13-22)18-6-8-20(9-7-18)26-17-27(35-34-26)29-28(21-4-2-1-3-5-21)24-16-23(32)14-15-25(24)33-30(29)36/h1-16,26,34H,17H2,(H,33,36). The summed E-state index contributed by atoms with van der Waals surface area (Å²) in [6.45, 7) is 0. The van der Waals surface area contributed by atoms with Crippen molar-refractivity contribution < 1.29 is 0 Å². The predicted octanol–water partition coefficient (Wildman–Crippen LogP) is 7.72. The highest BCUT2D eigenvalue weighted by molar-refractivity contribution is 9.10. The van der Waals surface area contributed by atoms with E-state index in [1.54, 1.807) is 6.07 Å². The number of pyridine rings is 1. The van der Waals surface area contributed by atoms with Crippen LogP contribution in [0.25, 0.3) is 33.2 Å². The van der Waals surface area contributed by atoms with Gasteiger partial charge in [0.2, 0.25) is 0 Å². The van der Waals surface area contributed by atoms with Gasteiger partial charge in [-0.25, -0.2) is 0 Å². The first-order valence-corrected chi connectivity index (χ1v) is 12.8. The van der Waals surface area contributed by atoms with E-state index < -0.39 is 0 Å². The molecule has 0 amide bonds. The van der Waals surface area contributed by atoms with E-state index in [0.717, 1.165) is 48.9 Å². The molecule has 4 nitrogen and oxygen atoms in total. The van der Waals surface area contributed by atoms with Gasteiger partial charge in [-0.05, 0) is 52.6 Å². The Balaban J connectivity index is 1.36. The number of aromatic amines is 1. The number of rotatable bonds is 4. The third kappa shape index (κ3) is 4.25. The first-order valence-electron chi connectivity index (χ1n) is 11.7. The molecule has 2 heterocycles. The SMILES string of the molecule is O=c1[nH]c2ccc(Cl)cc2c(-c2ccccc2)c1C1=NNC(c2ccc(-c3ccc(Br)cc3)cc2)C1. The smallest absolute Gasteiger partial charge is 0.258 e. The summed E-state index contributed by atoms with van der Waals surface area (Å²) in [7, 11) is 0. The van der Waals surface area contributed by atoms with Gasteiger partial charge in [0.05, 0.1) is 17.3 Å². The van der Waals surface area contributed by atoms with Crippen LogP contribution in [0.4, 0.5) is 0 Å². The minimum absolute atomic E-state index is 0.0166. The topological polar surface area (TPSA) is 57.2 Å². The maximum Gasteiger partial charge on any atom is 0.258 e. The summed E-state index contributed by atoms with van der Waals surface area (Å²) in [5, 5.41) is 6.15. The van der Waals surface area contributed by atoms with Crippen molar-refractivity contribution in [1.82, 2.24) is 10.4 Å². The van der Waals surface area contributed by atoms with Gasteiger partial charge >= 0.3 is 0 Å². The van der Waals surface area contributed by atoms with Crippen LogP contribution in [-0.2, 0) is 0 Å². The van der Waals surface area contributed by atoms with Gasteiger partial charge < -0.3 is 10.4 Å². The summed E-state index contributed by atoms with van der Waals surface area (Å²) in [6.07, 6.45) is 0.604. The fourth-order valence-electron chi connectivity index (χ4n) is 4.79. The van der Waals surface area contributed by atoms with Gasteiger partial charge in [0.1, 0.15) is 0 Å². The van der Waals surface area contributed by atoms with E-state index in [2.05, 4.69) is 67.8 Å². The van der Waals surface area contributed by atoms with Crippen LogP contribution in [0.3, 0.4) is 0 Å². The molecule has 1 atom stereocenters. The zero-order chi connectivity index (χ0) is 24.6. The monoisotopic (exact) mass is 553 g/mol. The van der Waals surface area contributed by atoms with Crippen LogP contribution in [0, 0.1) is 0 Å². The molecule has 0 aliphatic carbocycles. The number of fused-ring (bicyclic) bond motifs is 1. The molecule has 0 saturated carbocycles. The first-order chi connectivity index (χ1) is 17.6. The molecule has 2 N–H and O–H groups in total. The van der Waals surface area contributed by atoms with Crippen molar-refractivity contribution in [3.63, 3.8) is 0 Å². The van der Waals surface area contributed by atoms with E-state index in [-0.39, 0.29) is 11.6 Å². The maximum absolute atomic E-state index is 13.4. The number of hydrogen-bond acceptors (Lipinski definition) is 3. The van der Waals surface area contributed by atoms with Crippen LogP contribution in [0.1, 0.15) is 23.6 Å². The molecule has 1 aromatic heterocycles. The lowest BCUT2D eigenvalue weighted by atomic mass is 9.91. The summed E-state index contributed by atoms with van der Waals surface area (Å²) in [4.78, 5) is 16.4. The van der Waals surface area contributed by atoms with Crippen LogP contribution in [-0.4, -0.2) is 10.7 Å². The fraction of sp³-hybridized carbons (Fsp3) is 0.0667. The molecule has 0 spiro atoms. The molecule has 6 heteroatoms. The van der Waals surface area contributed by atoms with Crippen molar-refractivity contribution >= 4 is 44.1 Å². The molecular weight excluding hydrogens is 534 g/mol. The van der Waals surface area contributed by atoms with Gasteiger partial charge in [-0.3, -0.25) is 4.79 Å². The normalized spacial score (nSPS) is 15.1. The first kappa shape index (κ1) is 22.8. The van der Waals surface area contributed by atoms with E-state index in [1.165, 1.54) is 0 Å². The molecule has 36 heavy (non-hydrogen) atoms. The minimum Gasteiger partial charge on any atom is -0.321 e. The average molecular weight is 555 g/mol. The molecule has 4 aromatic carbocycles. The lowest BCUT2D eigenvalue weighted by Crippen LogP contribution is -2.20. The number of nitrogens with zero attached hydrogens (tertiary/aromatic N) is 1. The zero-order valence-corrected chi connectivity index (χ0v) is 21.5. The molecule has 0 radical (unpaired) electrons. The summed E-state index contributed by atoms with van der Waals surface area (Å²) in [5.74, 6) is 0. The van der Waals surface area contributed by atoms with Crippen LogP contribution >= 0.6 is 27.5 Å².